The van der Waals surface area contributed by atoms with E-state index < -0.39 is 6.04 Å². The van der Waals surface area contributed by atoms with Crippen LogP contribution in [0, 0.1) is 13.8 Å². The number of aromatic hydroxyl groups is 1. The minimum atomic E-state index is -0.501. The Hall–Kier alpha value is -1.06. The van der Waals surface area contributed by atoms with E-state index in [4.69, 9.17) is 10.8 Å². The fourth-order valence-corrected chi connectivity index (χ4v) is 1.22. The largest absolute Gasteiger partial charge is 0.507 e. The quantitative estimate of drug-likeness (QED) is 0.637. The van der Waals surface area contributed by atoms with Crippen molar-refractivity contribution in [3.63, 3.8) is 0 Å². The van der Waals surface area contributed by atoms with Gasteiger partial charge in [0.2, 0.25) is 0 Å². The first kappa shape index (κ1) is 10.0. The molecule has 3 heteroatoms. The van der Waals surface area contributed by atoms with Crippen LogP contribution in [0.4, 0.5) is 0 Å². The molecule has 0 amide bonds. The van der Waals surface area contributed by atoms with E-state index in [1.807, 2.05) is 19.9 Å². The van der Waals surface area contributed by atoms with Gasteiger partial charge >= 0.3 is 0 Å². The van der Waals surface area contributed by atoms with Gasteiger partial charge in [-0.25, -0.2) is 0 Å². The molecule has 0 spiro atoms. The number of aliphatic hydroxyl groups excluding tert-OH is 1. The summed E-state index contributed by atoms with van der Waals surface area (Å²) in [5.74, 6) is 0.196. The Balaban J connectivity index is 3.18. The molecular weight excluding hydrogens is 166 g/mol. The van der Waals surface area contributed by atoms with Gasteiger partial charge in [0.25, 0.3) is 0 Å². The number of aryl methyl sites for hydroxylation is 1. The van der Waals surface area contributed by atoms with Crippen molar-refractivity contribution in [2.45, 2.75) is 19.9 Å². The summed E-state index contributed by atoms with van der Waals surface area (Å²) in [5, 5.41) is 18.5. The van der Waals surface area contributed by atoms with Crippen molar-refractivity contribution in [2.75, 3.05) is 6.61 Å². The maximum atomic E-state index is 9.69. The minimum Gasteiger partial charge on any atom is -0.507 e. The van der Waals surface area contributed by atoms with Gasteiger partial charge in [-0.1, -0.05) is 12.1 Å². The Labute approximate surface area is 77.8 Å². The highest BCUT2D eigenvalue weighted by Gasteiger charge is 2.12. The Bertz CT molecular complexity index is 310. The van der Waals surface area contributed by atoms with Crippen LogP contribution in [-0.2, 0) is 0 Å². The first-order chi connectivity index (χ1) is 6.07. The molecule has 72 valence electrons. The van der Waals surface area contributed by atoms with Crippen LogP contribution in [0.1, 0.15) is 22.7 Å². The Morgan fingerprint density at radius 2 is 2.00 bits per heavy atom. The number of nitrogens with two attached hydrogens (primary N) is 1. The maximum Gasteiger partial charge on any atom is 0.123 e. The third kappa shape index (κ3) is 1.82. The van der Waals surface area contributed by atoms with Crippen LogP contribution >= 0.6 is 0 Å². The molecule has 1 atom stereocenters. The summed E-state index contributed by atoms with van der Waals surface area (Å²) in [5.41, 5.74) is 8.05. The van der Waals surface area contributed by atoms with Crippen molar-refractivity contribution in [2.24, 2.45) is 5.73 Å². The lowest BCUT2D eigenvalue weighted by Crippen LogP contribution is -2.14. The topological polar surface area (TPSA) is 66.5 Å². The van der Waals surface area contributed by atoms with Crippen molar-refractivity contribution in [3.8, 4) is 5.75 Å². The molecular formula is C10H15NO2. The summed E-state index contributed by atoms with van der Waals surface area (Å²) in [7, 11) is 0. The zero-order valence-electron chi connectivity index (χ0n) is 7.91. The van der Waals surface area contributed by atoms with E-state index >= 15 is 0 Å². The van der Waals surface area contributed by atoms with Crippen LogP contribution in [0.25, 0.3) is 0 Å². The number of phenols is 1. The van der Waals surface area contributed by atoms with Gasteiger partial charge in [0, 0.05) is 5.56 Å². The zero-order valence-corrected chi connectivity index (χ0v) is 7.91. The van der Waals surface area contributed by atoms with Crippen LogP contribution in [0.2, 0.25) is 0 Å². The molecule has 0 aliphatic carbocycles. The number of rotatable bonds is 2. The Morgan fingerprint density at radius 1 is 1.38 bits per heavy atom. The first-order valence-corrected chi connectivity index (χ1v) is 4.23. The smallest absolute Gasteiger partial charge is 0.123 e. The van der Waals surface area contributed by atoms with Crippen molar-refractivity contribution in [1.82, 2.24) is 0 Å². The number of aliphatic hydroxyl groups is 1. The average molecular weight is 181 g/mol. The molecule has 0 bridgehead atoms. The van der Waals surface area contributed by atoms with E-state index in [-0.39, 0.29) is 12.4 Å². The van der Waals surface area contributed by atoms with E-state index in [1.54, 1.807) is 6.07 Å². The van der Waals surface area contributed by atoms with E-state index in [0.29, 0.717) is 5.56 Å². The van der Waals surface area contributed by atoms with E-state index in [0.717, 1.165) is 11.1 Å². The predicted molar refractivity (Wildman–Crippen MR) is 51.6 cm³/mol. The van der Waals surface area contributed by atoms with Crippen molar-refractivity contribution in [3.05, 3.63) is 28.8 Å². The molecule has 0 aromatic heterocycles. The highest BCUT2D eigenvalue weighted by Crippen LogP contribution is 2.28. The molecule has 1 rings (SSSR count). The molecule has 1 aromatic carbocycles. The maximum absolute atomic E-state index is 9.69. The lowest BCUT2D eigenvalue weighted by molar-refractivity contribution is 0.265. The molecule has 0 aliphatic rings. The van der Waals surface area contributed by atoms with Gasteiger partial charge < -0.3 is 15.9 Å². The number of hydrogen-bond acceptors (Lipinski definition) is 3. The van der Waals surface area contributed by atoms with E-state index in [9.17, 15) is 5.11 Å². The van der Waals surface area contributed by atoms with Gasteiger partial charge in [-0.3, -0.25) is 0 Å². The third-order valence-corrected chi connectivity index (χ3v) is 2.33. The molecule has 4 N–H and O–H groups in total. The van der Waals surface area contributed by atoms with Crippen LogP contribution in [0.15, 0.2) is 12.1 Å². The highest BCUT2D eigenvalue weighted by molar-refractivity contribution is 5.45. The SMILES string of the molecule is Cc1ccc([C@@H](N)CO)c(O)c1C. The predicted octanol–water partition coefficient (Wildman–Crippen LogP) is 1.00. The van der Waals surface area contributed by atoms with Crippen LogP contribution in [-0.4, -0.2) is 16.8 Å². The molecule has 0 radical (unpaired) electrons. The summed E-state index contributed by atoms with van der Waals surface area (Å²) in [4.78, 5) is 0. The summed E-state index contributed by atoms with van der Waals surface area (Å²) in [6.07, 6.45) is 0. The third-order valence-electron chi connectivity index (χ3n) is 2.33. The van der Waals surface area contributed by atoms with Crippen molar-refractivity contribution < 1.29 is 10.2 Å². The normalized spacial score (nSPS) is 12.9. The van der Waals surface area contributed by atoms with Crippen LogP contribution in [0.3, 0.4) is 0 Å². The number of hydrogen-bond donors (Lipinski definition) is 3. The first-order valence-electron chi connectivity index (χ1n) is 4.23. The highest BCUT2D eigenvalue weighted by atomic mass is 16.3. The fourth-order valence-electron chi connectivity index (χ4n) is 1.22. The zero-order chi connectivity index (χ0) is 10.0. The Kier molecular flexibility index (Phi) is 2.90. The van der Waals surface area contributed by atoms with Crippen molar-refractivity contribution >= 4 is 0 Å². The standard InChI is InChI=1S/C10H15NO2/c1-6-3-4-8(9(11)5-12)10(13)7(6)2/h3-4,9,12-13H,5,11H2,1-2H3/t9-/m0/s1. The number of benzene rings is 1. The summed E-state index contributed by atoms with van der Waals surface area (Å²) < 4.78 is 0. The fraction of sp³-hybridized carbons (Fsp3) is 0.400. The summed E-state index contributed by atoms with van der Waals surface area (Å²) in [6, 6.07) is 3.14. The minimum absolute atomic E-state index is 0.157. The molecule has 3 nitrogen and oxygen atoms in total. The lowest BCUT2D eigenvalue weighted by atomic mass is 10.0. The molecule has 0 unspecified atom stereocenters. The number of phenolic OH excluding ortho intramolecular Hbond substituents is 1. The molecule has 0 aliphatic heterocycles. The van der Waals surface area contributed by atoms with Gasteiger partial charge in [0.05, 0.1) is 12.6 Å². The Morgan fingerprint density at radius 3 is 2.54 bits per heavy atom. The summed E-state index contributed by atoms with van der Waals surface area (Å²) >= 11 is 0. The average Bonchev–Trinajstić information content (AvgIpc) is 2.13. The van der Waals surface area contributed by atoms with E-state index in [1.165, 1.54) is 0 Å². The monoisotopic (exact) mass is 181 g/mol. The molecule has 0 saturated carbocycles. The molecule has 1 aromatic rings. The summed E-state index contributed by atoms with van der Waals surface area (Å²) in [6.45, 7) is 3.59. The van der Waals surface area contributed by atoms with Crippen molar-refractivity contribution in [1.29, 1.82) is 0 Å². The molecule has 0 saturated heterocycles. The van der Waals surface area contributed by atoms with Gasteiger partial charge in [0.1, 0.15) is 5.75 Å². The van der Waals surface area contributed by atoms with Gasteiger partial charge in [-0.2, -0.15) is 0 Å². The molecule has 13 heavy (non-hydrogen) atoms. The lowest BCUT2D eigenvalue weighted by Gasteiger charge is -2.13. The van der Waals surface area contributed by atoms with Gasteiger partial charge in [-0.15, -0.1) is 0 Å². The van der Waals surface area contributed by atoms with Gasteiger partial charge in [0.15, 0.2) is 0 Å². The molecule has 0 fully saturated rings. The van der Waals surface area contributed by atoms with Crippen LogP contribution in [0.5, 0.6) is 5.75 Å². The van der Waals surface area contributed by atoms with E-state index in [2.05, 4.69) is 0 Å². The van der Waals surface area contributed by atoms with Gasteiger partial charge in [-0.05, 0) is 25.0 Å². The second kappa shape index (κ2) is 3.77. The van der Waals surface area contributed by atoms with Crippen LogP contribution < -0.4 is 5.73 Å². The molecule has 0 heterocycles. The second-order valence-corrected chi connectivity index (χ2v) is 3.23. The second-order valence-electron chi connectivity index (χ2n) is 3.23.